The molecule has 3 aromatic rings. The van der Waals surface area contributed by atoms with Crippen molar-refractivity contribution in [3.8, 4) is 17.2 Å². The first-order valence-electron chi connectivity index (χ1n) is 8.57. The van der Waals surface area contributed by atoms with Crippen LogP contribution in [0.15, 0.2) is 36.5 Å². The van der Waals surface area contributed by atoms with E-state index in [0.717, 1.165) is 10.9 Å². The average Bonchev–Trinajstić information content (AvgIpc) is 3.26. The van der Waals surface area contributed by atoms with Crippen molar-refractivity contribution in [1.29, 1.82) is 0 Å². The van der Waals surface area contributed by atoms with Crippen molar-refractivity contribution in [1.82, 2.24) is 10.3 Å². The smallest absolute Gasteiger partial charge is 0.232 e. The van der Waals surface area contributed by atoms with Gasteiger partial charge in [-0.2, -0.15) is 0 Å². The number of benzene rings is 2. The molecule has 2 aliphatic rings. The Morgan fingerprint density at radius 2 is 2.07 bits per heavy atom. The number of aromatic nitrogens is 1. The second-order valence-corrected chi connectivity index (χ2v) is 6.69. The molecule has 0 bridgehead atoms. The lowest BCUT2D eigenvalue weighted by Gasteiger charge is -2.21. The molecule has 1 amide bonds. The molecule has 136 valence electrons. The van der Waals surface area contributed by atoms with E-state index in [9.17, 15) is 14.7 Å². The molecule has 7 nitrogen and oxygen atoms in total. The van der Waals surface area contributed by atoms with E-state index in [1.54, 1.807) is 18.3 Å². The maximum Gasteiger partial charge on any atom is 0.232 e. The largest absolute Gasteiger partial charge is 0.504 e. The second kappa shape index (κ2) is 5.51. The second-order valence-electron chi connectivity index (χ2n) is 6.69. The third kappa shape index (κ3) is 2.14. The Labute approximate surface area is 153 Å². The highest BCUT2D eigenvalue weighted by molar-refractivity contribution is 6.13. The SMILES string of the molecule is COc1cc(C2Oc3ccc4[nH]cc5c4c3C2C(=O)NCC5=O)ccc1O. The molecule has 3 N–H and O–H groups in total. The number of rotatable bonds is 2. The molecule has 2 aliphatic heterocycles. The molecule has 0 spiro atoms. The van der Waals surface area contributed by atoms with Crippen molar-refractivity contribution >= 4 is 22.6 Å². The number of methoxy groups -OCH3 is 1. The average molecular weight is 364 g/mol. The molecule has 2 unspecified atom stereocenters. The minimum absolute atomic E-state index is 0.0137. The van der Waals surface area contributed by atoms with E-state index in [2.05, 4.69) is 10.3 Å². The molecule has 1 aromatic heterocycles. The third-order valence-electron chi connectivity index (χ3n) is 5.25. The topological polar surface area (TPSA) is 101 Å². The Kier molecular flexibility index (Phi) is 3.21. The minimum atomic E-state index is -0.611. The number of amides is 1. The number of ketones is 1. The number of ether oxygens (including phenoxy) is 2. The van der Waals surface area contributed by atoms with Crippen LogP contribution in [0.4, 0.5) is 0 Å². The molecule has 5 rings (SSSR count). The van der Waals surface area contributed by atoms with Gasteiger partial charge in [0.1, 0.15) is 17.8 Å². The standard InChI is InChI=1S/C20H16N2O5/c1-26-15-6-9(2-4-12(15)23)19-18-17-14(27-19)5-3-11-16(17)10(7-21-11)13(24)8-22-20(18)25/h2-7,18-19,21,23H,8H2,1H3,(H,22,25). The van der Waals surface area contributed by atoms with E-state index in [4.69, 9.17) is 9.47 Å². The quantitative estimate of drug-likeness (QED) is 0.648. The fraction of sp³-hybridized carbons (Fsp3) is 0.200. The lowest BCUT2D eigenvalue weighted by molar-refractivity contribution is -0.123. The van der Waals surface area contributed by atoms with Crippen molar-refractivity contribution in [3.63, 3.8) is 0 Å². The van der Waals surface area contributed by atoms with Crippen LogP contribution in [0.2, 0.25) is 0 Å². The van der Waals surface area contributed by atoms with Gasteiger partial charge in [-0.1, -0.05) is 6.07 Å². The van der Waals surface area contributed by atoms with Crippen LogP contribution >= 0.6 is 0 Å². The number of hydrogen-bond donors (Lipinski definition) is 3. The summed E-state index contributed by atoms with van der Waals surface area (Å²) in [6.07, 6.45) is 1.09. The maximum atomic E-state index is 12.9. The monoisotopic (exact) mass is 364 g/mol. The Bertz CT molecular complexity index is 1120. The number of carbonyl (C=O) groups is 2. The first-order chi connectivity index (χ1) is 13.1. The number of H-pyrrole nitrogens is 1. The zero-order valence-electron chi connectivity index (χ0n) is 14.4. The van der Waals surface area contributed by atoms with Gasteiger partial charge >= 0.3 is 0 Å². The molecule has 0 saturated heterocycles. The van der Waals surface area contributed by atoms with Crippen molar-refractivity contribution in [2.24, 2.45) is 0 Å². The number of aromatic amines is 1. The van der Waals surface area contributed by atoms with Crippen molar-refractivity contribution in [2.45, 2.75) is 12.0 Å². The molecule has 0 aliphatic carbocycles. The van der Waals surface area contributed by atoms with E-state index in [1.165, 1.54) is 13.2 Å². The molecule has 0 fully saturated rings. The van der Waals surface area contributed by atoms with Gasteiger partial charge in [0.2, 0.25) is 5.91 Å². The van der Waals surface area contributed by atoms with Crippen LogP contribution in [0.5, 0.6) is 17.2 Å². The van der Waals surface area contributed by atoms with Crippen LogP contribution in [-0.4, -0.2) is 35.4 Å². The number of aromatic hydroxyl groups is 1. The van der Waals surface area contributed by atoms with Crippen LogP contribution in [-0.2, 0) is 4.79 Å². The van der Waals surface area contributed by atoms with Gasteiger partial charge in [0.15, 0.2) is 17.3 Å². The Hall–Kier alpha value is -3.48. The van der Waals surface area contributed by atoms with Gasteiger partial charge in [-0.25, -0.2) is 0 Å². The van der Waals surface area contributed by atoms with E-state index in [-0.39, 0.29) is 24.0 Å². The summed E-state index contributed by atoms with van der Waals surface area (Å²) in [6.45, 7) is -0.0580. The highest BCUT2D eigenvalue weighted by Gasteiger charge is 2.44. The van der Waals surface area contributed by atoms with Crippen LogP contribution < -0.4 is 14.8 Å². The van der Waals surface area contributed by atoms with E-state index < -0.39 is 12.0 Å². The molecule has 0 radical (unpaired) electrons. The fourth-order valence-electron chi connectivity index (χ4n) is 3.99. The van der Waals surface area contributed by atoms with Crippen molar-refractivity contribution in [2.75, 3.05) is 13.7 Å². The van der Waals surface area contributed by atoms with E-state index in [1.807, 2.05) is 12.1 Å². The highest BCUT2D eigenvalue weighted by Crippen LogP contribution is 2.51. The van der Waals surface area contributed by atoms with Crippen LogP contribution in [0, 0.1) is 0 Å². The van der Waals surface area contributed by atoms with Crippen LogP contribution in [0.3, 0.4) is 0 Å². The van der Waals surface area contributed by atoms with Gasteiger partial charge in [-0.05, 0) is 29.8 Å². The van der Waals surface area contributed by atoms with Crippen molar-refractivity contribution < 1.29 is 24.2 Å². The maximum absolute atomic E-state index is 12.9. The van der Waals surface area contributed by atoms with E-state index >= 15 is 0 Å². The number of Topliss-reactive ketones (excluding diaryl/α,β-unsaturated/α-hetero) is 1. The summed E-state index contributed by atoms with van der Waals surface area (Å²) in [6, 6.07) is 8.55. The summed E-state index contributed by atoms with van der Waals surface area (Å²) in [5.41, 5.74) is 2.77. The first kappa shape index (κ1) is 15.7. The lowest BCUT2D eigenvalue weighted by atomic mass is 9.86. The van der Waals surface area contributed by atoms with Gasteiger partial charge < -0.3 is 24.9 Å². The minimum Gasteiger partial charge on any atom is -0.504 e. The summed E-state index contributed by atoms with van der Waals surface area (Å²) in [7, 11) is 1.47. The summed E-state index contributed by atoms with van der Waals surface area (Å²) in [5, 5.41) is 13.3. The number of hydrogen-bond acceptors (Lipinski definition) is 5. The molecule has 7 heteroatoms. The molecular weight excluding hydrogens is 348 g/mol. The predicted molar refractivity (Wildman–Crippen MR) is 96.4 cm³/mol. The number of phenolic OH excluding ortho intramolecular Hbond substituents is 1. The first-order valence-corrected chi connectivity index (χ1v) is 8.57. The molecule has 27 heavy (non-hydrogen) atoms. The number of carbonyl (C=O) groups excluding carboxylic acids is 2. The van der Waals surface area contributed by atoms with Gasteiger partial charge in [0, 0.05) is 28.2 Å². The van der Waals surface area contributed by atoms with Gasteiger partial charge in [-0.15, -0.1) is 0 Å². The number of nitrogens with one attached hydrogen (secondary N) is 2. The van der Waals surface area contributed by atoms with E-state index in [0.29, 0.717) is 28.2 Å². The Morgan fingerprint density at radius 1 is 1.22 bits per heavy atom. The van der Waals surface area contributed by atoms with Crippen LogP contribution in [0.25, 0.3) is 10.9 Å². The highest BCUT2D eigenvalue weighted by atomic mass is 16.5. The molecular formula is C20H16N2O5. The zero-order chi connectivity index (χ0) is 18.7. The molecule has 2 atom stereocenters. The predicted octanol–water partition coefficient (Wildman–Crippen LogP) is 2.41. The fourth-order valence-corrected chi connectivity index (χ4v) is 3.99. The molecule has 2 aromatic carbocycles. The summed E-state index contributed by atoms with van der Waals surface area (Å²) in [5.74, 6) is -0.119. The lowest BCUT2D eigenvalue weighted by Crippen LogP contribution is -2.36. The third-order valence-corrected chi connectivity index (χ3v) is 5.25. The summed E-state index contributed by atoms with van der Waals surface area (Å²) < 4.78 is 11.3. The zero-order valence-corrected chi connectivity index (χ0v) is 14.4. The Morgan fingerprint density at radius 3 is 2.89 bits per heavy atom. The number of phenols is 1. The van der Waals surface area contributed by atoms with Gasteiger partial charge in [0.25, 0.3) is 0 Å². The normalized spacial score (nSPS) is 20.8. The summed E-state index contributed by atoms with van der Waals surface area (Å²) >= 11 is 0. The summed E-state index contributed by atoms with van der Waals surface area (Å²) in [4.78, 5) is 28.5. The van der Waals surface area contributed by atoms with Gasteiger partial charge in [0.05, 0.1) is 13.7 Å². The van der Waals surface area contributed by atoms with Crippen molar-refractivity contribution in [3.05, 3.63) is 53.2 Å². The van der Waals surface area contributed by atoms with Gasteiger partial charge in [-0.3, -0.25) is 9.59 Å². The van der Waals surface area contributed by atoms with Crippen LogP contribution in [0.1, 0.15) is 33.5 Å². The Balaban J connectivity index is 1.74. The molecule has 3 heterocycles. The molecule has 0 saturated carbocycles.